The van der Waals surface area contributed by atoms with Crippen LogP contribution in [-0.2, 0) is 21.4 Å². The van der Waals surface area contributed by atoms with E-state index in [4.69, 9.17) is 16.3 Å². The van der Waals surface area contributed by atoms with E-state index < -0.39 is 15.9 Å². The molecule has 2 aromatic rings. The fourth-order valence-corrected chi connectivity index (χ4v) is 2.83. The van der Waals surface area contributed by atoms with E-state index in [1.54, 1.807) is 0 Å². The van der Waals surface area contributed by atoms with Gasteiger partial charge in [0.25, 0.3) is 5.91 Å². The molecule has 0 fully saturated rings. The maximum absolute atomic E-state index is 12.2. The highest BCUT2D eigenvalue weighted by Crippen LogP contribution is 2.21. The zero-order chi connectivity index (χ0) is 18.3. The third kappa shape index (κ3) is 6.74. The van der Waals surface area contributed by atoms with Crippen LogP contribution in [0.15, 0.2) is 48.5 Å². The first-order valence-electron chi connectivity index (χ1n) is 7.52. The van der Waals surface area contributed by atoms with Crippen molar-refractivity contribution < 1.29 is 17.9 Å². The molecule has 0 saturated carbocycles. The summed E-state index contributed by atoms with van der Waals surface area (Å²) in [6.07, 6.45) is 1.03. The normalized spacial score (nSPS) is 11.1. The topological polar surface area (TPSA) is 84.5 Å². The molecule has 0 aliphatic carbocycles. The third-order valence-electron chi connectivity index (χ3n) is 3.16. The van der Waals surface area contributed by atoms with E-state index in [1.807, 2.05) is 30.3 Å². The predicted octanol–water partition coefficient (Wildman–Crippen LogP) is 2.66. The van der Waals surface area contributed by atoms with E-state index in [1.165, 1.54) is 18.2 Å². The summed E-state index contributed by atoms with van der Waals surface area (Å²) in [5.74, 6) is -0.398. The average Bonchev–Trinajstić information content (AvgIpc) is 2.56. The van der Waals surface area contributed by atoms with Crippen LogP contribution in [0, 0.1) is 0 Å². The fraction of sp³-hybridized carbons (Fsp3) is 0.235. The molecule has 1 amide bonds. The summed E-state index contributed by atoms with van der Waals surface area (Å²) in [6, 6.07) is 14.1. The Morgan fingerprint density at radius 2 is 1.88 bits per heavy atom. The zero-order valence-electron chi connectivity index (χ0n) is 13.7. The van der Waals surface area contributed by atoms with Crippen molar-refractivity contribution in [1.82, 2.24) is 5.32 Å². The van der Waals surface area contributed by atoms with Gasteiger partial charge in [-0.05, 0) is 23.8 Å². The Kier molecular flexibility index (Phi) is 6.81. The average molecular weight is 383 g/mol. The van der Waals surface area contributed by atoms with Crippen LogP contribution in [0.5, 0.6) is 0 Å². The lowest BCUT2D eigenvalue weighted by Crippen LogP contribution is -2.27. The number of hydrogen-bond donors (Lipinski definition) is 2. The summed E-state index contributed by atoms with van der Waals surface area (Å²) in [5, 5.41) is 2.93. The molecule has 25 heavy (non-hydrogen) atoms. The smallest absolute Gasteiger partial charge is 0.252 e. The number of halogens is 1. The van der Waals surface area contributed by atoms with Crippen molar-refractivity contribution in [3.8, 4) is 0 Å². The molecule has 8 heteroatoms. The zero-order valence-corrected chi connectivity index (χ0v) is 15.2. The minimum atomic E-state index is -3.43. The Morgan fingerprint density at radius 3 is 2.56 bits per heavy atom. The molecule has 0 spiro atoms. The molecule has 0 aliphatic rings. The summed E-state index contributed by atoms with van der Waals surface area (Å²) in [6.45, 7) is 1.12. The van der Waals surface area contributed by atoms with Gasteiger partial charge in [-0.15, -0.1) is 0 Å². The van der Waals surface area contributed by atoms with Crippen LogP contribution in [0.25, 0.3) is 0 Å². The lowest BCUT2D eigenvalue weighted by molar-refractivity contribution is 0.0901. The summed E-state index contributed by atoms with van der Waals surface area (Å²) in [4.78, 5) is 12.2. The highest BCUT2D eigenvalue weighted by atomic mass is 35.5. The highest BCUT2D eigenvalue weighted by Gasteiger charge is 2.12. The van der Waals surface area contributed by atoms with Crippen molar-refractivity contribution in [1.29, 1.82) is 0 Å². The number of hydrogen-bond acceptors (Lipinski definition) is 4. The van der Waals surface area contributed by atoms with Gasteiger partial charge in [0, 0.05) is 12.2 Å². The quantitative estimate of drug-likeness (QED) is 0.687. The molecule has 0 radical (unpaired) electrons. The SMILES string of the molecule is CS(=O)(=O)Nc1ccc(Cl)c(C(=O)NCCOCc2ccccc2)c1. The number of benzene rings is 2. The number of anilines is 1. The van der Waals surface area contributed by atoms with Gasteiger partial charge in [-0.3, -0.25) is 9.52 Å². The number of sulfonamides is 1. The Hall–Kier alpha value is -2.09. The minimum absolute atomic E-state index is 0.193. The van der Waals surface area contributed by atoms with Crippen LogP contribution in [0.4, 0.5) is 5.69 Å². The molecule has 2 rings (SSSR count). The molecule has 0 atom stereocenters. The van der Waals surface area contributed by atoms with Gasteiger partial charge in [0.15, 0.2) is 0 Å². The Bertz CT molecular complexity index is 826. The second kappa shape index (κ2) is 8.84. The van der Waals surface area contributed by atoms with E-state index in [0.717, 1.165) is 11.8 Å². The largest absolute Gasteiger partial charge is 0.375 e. The Labute approximate surface area is 152 Å². The van der Waals surface area contributed by atoms with Crippen molar-refractivity contribution in [3.63, 3.8) is 0 Å². The van der Waals surface area contributed by atoms with E-state index in [2.05, 4.69) is 10.0 Å². The van der Waals surface area contributed by atoms with Gasteiger partial charge in [0.05, 0.1) is 30.1 Å². The van der Waals surface area contributed by atoms with Crippen LogP contribution in [0.1, 0.15) is 15.9 Å². The van der Waals surface area contributed by atoms with Gasteiger partial charge in [-0.25, -0.2) is 8.42 Å². The molecular weight excluding hydrogens is 364 g/mol. The number of carbonyl (C=O) groups is 1. The fourth-order valence-electron chi connectivity index (χ4n) is 2.07. The number of carbonyl (C=O) groups excluding carboxylic acids is 1. The predicted molar refractivity (Wildman–Crippen MR) is 98.3 cm³/mol. The first-order chi connectivity index (χ1) is 11.8. The lowest BCUT2D eigenvalue weighted by Gasteiger charge is -2.10. The van der Waals surface area contributed by atoms with Gasteiger partial charge in [-0.1, -0.05) is 41.9 Å². The molecule has 0 aromatic heterocycles. The van der Waals surface area contributed by atoms with Crippen molar-refractivity contribution in [2.24, 2.45) is 0 Å². The van der Waals surface area contributed by atoms with E-state index in [0.29, 0.717) is 19.8 Å². The second-order valence-electron chi connectivity index (χ2n) is 5.36. The molecule has 0 bridgehead atoms. The van der Waals surface area contributed by atoms with Gasteiger partial charge in [0.2, 0.25) is 10.0 Å². The van der Waals surface area contributed by atoms with Crippen LogP contribution < -0.4 is 10.0 Å². The summed E-state index contributed by atoms with van der Waals surface area (Å²) in [7, 11) is -3.43. The Morgan fingerprint density at radius 1 is 1.16 bits per heavy atom. The summed E-state index contributed by atoms with van der Waals surface area (Å²) in [5.41, 5.74) is 1.52. The number of amides is 1. The summed E-state index contributed by atoms with van der Waals surface area (Å²) < 4.78 is 30.3. The van der Waals surface area contributed by atoms with E-state index in [9.17, 15) is 13.2 Å². The molecule has 6 nitrogen and oxygen atoms in total. The highest BCUT2D eigenvalue weighted by molar-refractivity contribution is 7.92. The molecule has 2 aromatic carbocycles. The summed E-state index contributed by atoms with van der Waals surface area (Å²) >= 11 is 6.01. The minimum Gasteiger partial charge on any atom is -0.375 e. The van der Waals surface area contributed by atoms with Crippen molar-refractivity contribution in [2.45, 2.75) is 6.61 Å². The maximum Gasteiger partial charge on any atom is 0.252 e. The first-order valence-corrected chi connectivity index (χ1v) is 9.79. The monoisotopic (exact) mass is 382 g/mol. The molecule has 134 valence electrons. The molecular formula is C17H19ClN2O4S. The molecule has 0 aliphatic heterocycles. The molecule has 0 heterocycles. The standard InChI is InChI=1S/C17H19ClN2O4S/c1-25(22,23)20-14-7-8-16(18)15(11-14)17(21)19-9-10-24-12-13-5-3-2-4-6-13/h2-8,11,20H,9-10,12H2,1H3,(H,19,21). The van der Waals surface area contributed by atoms with Crippen LogP contribution in [0.3, 0.4) is 0 Å². The number of ether oxygens (including phenoxy) is 1. The first kappa shape index (κ1) is 19.2. The molecule has 0 unspecified atom stereocenters. The molecule has 2 N–H and O–H groups in total. The van der Waals surface area contributed by atoms with Crippen molar-refractivity contribution >= 4 is 33.2 Å². The van der Waals surface area contributed by atoms with Gasteiger partial charge >= 0.3 is 0 Å². The third-order valence-corrected chi connectivity index (χ3v) is 4.09. The maximum atomic E-state index is 12.2. The van der Waals surface area contributed by atoms with Gasteiger partial charge in [-0.2, -0.15) is 0 Å². The van der Waals surface area contributed by atoms with E-state index >= 15 is 0 Å². The number of nitrogens with one attached hydrogen (secondary N) is 2. The number of rotatable bonds is 8. The molecule has 0 saturated heterocycles. The lowest BCUT2D eigenvalue weighted by atomic mass is 10.2. The Balaban J connectivity index is 1.84. The van der Waals surface area contributed by atoms with Gasteiger partial charge in [0.1, 0.15) is 0 Å². The van der Waals surface area contributed by atoms with Crippen LogP contribution >= 0.6 is 11.6 Å². The van der Waals surface area contributed by atoms with Gasteiger partial charge < -0.3 is 10.1 Å². The second-order valence-corrected chi connectivity index (χ2v) is 7.52. The van der Waals surface area contributed by atoms with Crippen molar-refractivity contribution in [3.05, 3.63) is 64.7 Å². The van der Waals surface area contributed by atoms with Crippen LogP contribution in [0.2, 0.25) is 5.02 Å². The van der Waals surface area contributed by atoms with Crippen molar-refractivity contribution in [2.75, 3.05) is 24.1 Å². The van der Waals surface area contributed by atoms with E-state index in [-0.39, 0.29) is 16.3 Å². The van der Waals surface area contributed by atoms with Crippen LogP contribution in [-0.4, -0.2) is 33.7 Å².